The van der Waals surface area contributed by atoms with Gasteiger partial charge in [-0.05, 0) is 43.5 Å². The highest BCUT2D eigenvalue weighted by Crippen LogP contribution is 2.30. The van der Waals surface area contributed by atoms with Crippen LogP contribution in [0.15, 0.2) is 53.9 Å². The van der Waals surface area contributed by atoms with Crippen LogP contribution >= 0.6 is 11.3 Å². The van der Waals surface area contributed by atoms with Gasteiger partial charge in [0.25, 0.3) is 5.91 Å². The van der Waals surface area contributed by atoms with E-state index in [9.17, 15) is 4.79 Å². The highest BCUT2D eigenvalue weighted by atomic mass is 32.1. The van der Waals surface area contributed by atoms with Crippen LogP contribution in [0.4, 0.5) is 10.8 Å². The van der Waals surface area contributed by atoms with Gasteiger partial charge in [0.1, 0.15) is 0 Å². The zero-order valence-electron chi connectivity index (χ0n) is 14.7. The first-order chi connectivity index (χ1) is 12.7. The maximum Gasteiger partial charge on any atom is 0.255 e. The van der Waals surface area contributed by atoms with Gasteiger partial charge < -0.3 is 10.2 Å². The molecule has 1 aliphatic rings. The van der Waals surface area contributed by atoms with Crippen molar-refractivity contribution < 1.29 is 4.79 Å². The van der Waals surface area contributed by atoms with Crippen molar-refractivity contribution in [3.8, 4) is 11.3 Å². The molecule has 1 aliphatic heterocycles. The number of benzene rings is 2. The van der Waals surface area contributed by atoms with E-state index in [1.54, 1.807) is 11.3 Å². The number of hydrogen-bond acceptors (Lipinski definition) is 4. The maximum atomic E-state index is 12.5. The summed E-state index contributed by atoms with van der Waals surface area (Å²) >= 11 is 1.69. The van der Waals surface area contributed by atoms with E-state index < -0.39 is 0 Å². The van der Waals surface area contributed by atoms with Crippen molar-refractivity contribution in [1.82, 2.24) is 4.98 Å². The lowest BCUT2D eigenvalue weighted by atomic mass is 10.1. The predicted molar refractivity (Wildman–Crippen MR) is 108 cm³/mol. The molecule has 1 fully saturated rings. The van der Waals surface area contributed by atoms with Crippen LogP contribution in [-0.4, -0.2) is 24.0 Å². The summed E-state index contributed by atoms with van der Waals surface area (Å²) in [7, 11) is 0. The molecule has 132 valence electrons. The van der Waals surface area contributed by atoms with Crippen LogP contribution in [0.25, 0.3) is 11.3 Å². The molecule has 2 aromatic carbocycles. The number of amides is 1. The van der Waals surface area contributed by atoms with Crippen molar-refractivity contribution in [3.63, 3.8) is 0 Å². The Morgan fingerprint density at radius 2 is 1.92 bits per heavy atom. The van der Waals surface area contributed by atoms with E-state index in [4.69, 9.17) is 4.98 Å². The molecule has 4 nitrogen and oxygen atoms in total. The van der Waals surface area contributed by atoms with Crippen LogP contribution in [0.1, 0.15) is 28.8 Å². The van der Waals surface area contributed by atoms with Gasteiger partial charge in [0.15, 0.2) is 5.13 Å². The molecule has 0 spiro atoms. The highest BCUT2D eigenvalue weighted by molar-refractivity contribution is 7.14. The maximum absolute atomic E-state index is 12.5. The number of carbonyl (C=O) groups excluding carboxylic acids is 1. The van der Waals surface area contributed by atoms with E-state index in [0.29, 0.717) is 5.56 Å². The number of aromatic nitrogens is 1. The second kappa shape index (κ2) is 7.30. The van der Waals surface area contributed by atoms with Gasteiger partial charge in [-0.2, -0.15) is 0 Å². The molecule has 1 N–H and O–H groups in total. The van der Waals surface area contributed by atoms with Crippen LogP contribution in [0.5, 0.6) is 0 Å². The molecule has 0 atom stereocenters. The summed E-state index contributed by atoms with van der Waals surface area (Å²) in [5.41, 5.74) is 4.43. The quantitative estimate of drug-likeness (QED) is 0.712. The first-order valence-electron chi connectivity index (χ1n) is 8.88. The Balaban J connectivity index is 1.53. The minimum atomic E-state index is -0.0868. The molecule has 5 heteroatoms. The van der Waals surface area contributed by atoms with E-state index in [1.165, 1.54) is 12.8 Å². The van der Waals surface area contributed by atoms with E-state index in [-0.39, 0.29) is 5.91 Å². The zero-order chi connectivity index (χ0) is 17.9. The SMILES string of the molecule is Cc1ccccc1C(=O)Nc1cccc(-c2csc(N3CCCC3)n2)c1. The lowest BCUT2D eigenvalue weighted by Crippen LogP contribution is -2.17. The van der Waals surface area contributed by atoms with Crippen LogP contribution in [0, 0.1) is 6.92 Å². The third-order valence-corrected chi connectivity index (χ3v) is 5.58. The molecule has 0 radical (unpaired) electrons. The molecule has 2 heterocycles. The van der Waals surface area contributed by atoms with Crippen LogP contribution in [0.2, 0.25) is 0 Å². The van der Waals surface area contributed by atoms with Gasteiger partial charge in [-0.25, -0.2) is 4.98 Å². The summed E-state index contributed by atoms with van der Waals surface area (Å²) in [5, 5.41) is 6.18. The molecule has 26 heavy (non-hydrogen) atoms. The van der Waals surface area contributed by atoms with E-state index >= 15 is 0 Å². The van der Waals surface area contributed by atoms with Crippen LogP contribution in [-0.2, 0) is 0 Å². The van der Waals surface area contributed by atoms with Crippen molar-refractivity contribution in [2.24, 2.45) is 0 Å². The van der Waals surface area contributed by atoms with Gasteiger partial charge in [-0.1, -0.05) is 30.3 Å². The van der Waals surface area contributed by atoms with Gasteiger partial charge in [0, 0.05) is 35.3 Å². The van der Waals surface area contributed by atoms with Crippen molar-refractivity contribution in [3.05, 3.63) is 65.0 Å². The number of thiazole rings is 1. The fraction of sp³-hybridized carbons (Fsp3) is 0.238. The van der Waals surface area contributed by atoms with E-state index in [2.05, 4.69) is 15.6 Å². The molecule has 3 aromatic rings. The lowest BCUT2D eigenvalue weighted by molar-refractivity contribution is 0.102. The third-order valence-electron chi connectivity index (χ3n) is 4.67. The molecule has 0 aliphatic carbocycles. The molecule has 4 rings (SSSR count). The number of carbonyl (C=O) groups is 1. The molecule has 0 bridgehead atoms. The number of hydrogen-bond donors (Lipinski definition) is 1. The first kappa shape index (κ1) is 16.8. The second-order valence-corrected chi connectivity index (χ2v) is 7.40. The molecule has 1 saturated heterocycles. The molecular formula is C21H21N3OS. The van der Waals surface area contributed by atoms with Gasteiger partial charge in [0.2, 0.25) is 0 Å². The Labute approximate surface area is 157 Å². The van der Waals surface area contributed by atoms with Crippen molar-refractivity contribution in [2.45, 2.75) is 19.8 Å². The monoisotopic (exact) mass is 363 g/mol. The minimum Gasteiger partial charge on any atom is -0.348 e. The fourth-order valence-electron chi connectivity index (χ4n) is 3.23. The molecule has 1 aromatic heterocycles. The Bertz CT molecular complexity index is 928. The largest absolute Gasteiger partial charge is 0.348 e. The van der Waals surface area contributed by atoms with Crippen molar-refractivity contribution in [1.29, 1.82) is 0 Å². The Morgan fingerprint density at radius 1 is 1.12 bits per heavy atom. The Kier molecular flexibility index (Phi) is 4.71. The minimum absolute atomic E-state index is 0.0868. The van der Waals surface area contributed by atoms with Gasteiger partial charge >= 0.3 is 0 Å². The number of nitrogens with one attached hydrogen (secondary N) is 1. The van der Waals surface area contributed by atoms with Gasteiger partial charge in [-0.15, -0.1) is 11.3 Å². The number of anilines is 2. The third kappa shape index (κ3) is 3.48. The topological polar surface area (TPSA) is 45.2 Å². The zero-order valence-corrected chi connectivity index (χ0v) is 15.6. The van der Waals surface area contributed by atoms with Crippen LogP contribution < -0.4 is 10.2 Å². The summed E-state index contributed by atoms with van der Waals surface area (Å²) in [6, 6.07) is 15.5. The molecular weight excluding hydrogens is 342 g/mol. The second-order valence-electron chi connectivity index (χ2n) is 6.56. The molecule has 0 saturated carbocycles. The van der Waals surface area contributed by atoms with Crippen molar-refractivity contribution >= 4 is 28.1 Å². The summed E-state index contributed by atoms with van der Waals surface area (Å²) < 4.78 is 0. The summed E-state index contributed by atoms with van der Waals surface area (Å²) in [5.74, 6) is -0.0868. The van der Waals surface area contributed by atoms with E-state index in [0.717, 1.165) is 40.7 Å². The lowest BCUT2D eigenvalue weighted by Gasteiger charge is -2.12. The predicted octanol–water partition coefficient (Wildman–Crippen LogP) is 4.97. The number of rotatable bonds is 4. The highest BCUT2D eigenvalue weighted by Gasteiger charge is 2.16. The average Bonchev–Trinajstić information content (AvgIpc) is 3.34. The van der Waals surface area contributed by atoms with E-state index in [1.807, 2.05) is 55.5 Å². The van der Waals surface area contributed by atoms with Crippen LogP contribution in [0.3, 0.4) is 0 Å². The van der Waals surface area contributed by atoms with Crippen molar-refractivity contribution in [2.75, 3.05) is 23.3 Å². The standard InChI is InChI=1S/C21H21N3OS/c1-15-7-2-3-10-18(15)20(25)22-17-9-6-8-16(13-17)19-14-26-21(23-19)24-11-4-5-12-24/h2-3,6-10,13-14H,4-5,11-12H2,1H3,(H,22,25). The number of aryl methyl sites for hydroxylation is 1. The summed E-state index contributed by atoms with van der Waals surface area (Å²) in [6.45, 7) is 4.14. The molecule has 1 amide bonds. The average molecular weight is 363 g/mol. The smallest absolute Gasteiger partial charge is 0.255 e. The first-order valence-corrected chi connectivity index (χ1v) is 9.76. The molecule has 0 unspecified atom stereocenters. The van der Waals surface area contributed by atoms with Gasteiger partial charge in [0.05, 0.1) is 5.69 Å². The normalized spacial score (nSPS) is 13.8. The summed E-state index contributed by atoms with van der Waals surface area (Å²) in [4.78, 5) is 19.7. The Morgan fingerprint density at radius 3 is 2.73 bits per heavy atom. The fourth-order valence-corrected chi connectivity index (χ4v) is 4.12. The summed E-state index contributed by atoms with van der Waals surface area (Å²) in [6.07, 6.45) is 2.49. The Hall–Kier alpha value is -2.66. The number of nitrogens with zero attached hydrogens (tertiary/aromatic N) is 2. The van der Waals surface area contributed by atoms with Gasteiger partial charge in [-0.3, -0.25) is 4.79 Å².